The lowest BCUT2D eigenvalue weighted by Crippen LogP contribution is -2.32. The molecule has 1 unspecified atom stereocenters. The number of nitrogens with zero attached hydrogens (tertiary/aromatic N) is 2. The number of rotatable bonds is 4. The summed E-state index contributed by atoms with van der Waals surface area (Å²) in [6, 6.07) is -1.29. The monoisotopic (exact) mass is 306 g/mol. The number of nitrogens with two attached hydrogens (primary N) is 1. The maximum atomic E-state index is 13.7. The average Bonchev–Trinajstić information content (AvgIpc) is 2.87. The number of benzene rings is 1. The molecular formula is C12H11F5N4. The molecule has 114 valence electrons. The maximum Gasteiger partial charge on any atom is 0.200 e. The predicted octanol–water partition coefficient (Wildman–Crippen LogP) is 1.86. The van der Waals surface area contributed by atoms with Crippen molar-refractivity contribution in [1.82, 2.24) is 15.2 Å². The van der Waals surface area contributed by atoms with E-state index in [9.17, 15) is 22.0 Å². The first-order valence-corrected chi connectivity index (χ1v) is 5.81. The Kier molecular flexibility index (Phi) is 4.24. The molecule has 0 fully saturated rings. The summed E-state index contributed by atoms with van der Waals surface area (Å²) < 4.78 is 68.2. The van der Waals surface area contributed by atoms with E-state index in [2.05, 4.69) is 10.5 Å². The van der Waals surface area contributed by atoms with Gasteiger partial charge in [0, 0.05) is 18.8 Å². The second-order valence-electron chi connectivity index (χ2n) is 4.43. The molecule has 1 heterocycles. The molecule has 1 atom stereocenters. The molecule has 0 bridgehead atoms. The fourth-order valence-electron chi connectivity index (χ4n) is 1.99. The summed E-state index contributed by atoms with van der Waals surface area (Å²) in [6.07, 6.45) is 2.84. The van der Waals surface area contributed by atoms with Crippen molar-refractivity contribution in [1.29, 1.82) is 0 Å². The van der Waals surface area contributed by atoms with E-state index >= 15 is 0 Å². The van der Waals surface area contributed by atoms with Gasteiger partial charge in [-0.25, -0.2) is 22.0 Å². The first-order chi connectivity index (χ1) is 9.86. The van der Waals surface area contributed by atoms with Gasteiger partial charge in [0.1, 0.15) is 0 Å². The molecule has 3 N–H and O–H groups in total. The van der Waals surface area contributed by atoms with E-state index < -0.39 is 40.7 Å². The van der Waals surface area contributed by atoms with Crippen LogP contribution in [0.15, 0.2) is 12.4 Å². The van der Waals surface area contributed by atoms with Gasteiger partial charge in [-0.15, -0.1) is 0 Å². The fraction of sp³-hybridized carbons (Fsp3) is 0.250. The zero-order chi connectivity index (χ0) is 15.7. The normalized spacial score (nSPS) is 12.7. The third-order valence-electron chi connectivity index (χ3n) is 2.99. The number of nitrogens with one attached hydrogen (secondary N) is 1. The molecule has 0 aliphatic carbocycles. The number of aromatic nitrogens is 2. The maximum absolute atomic E-state index is 13.7. The molecule has 2 rings (SSSR count). The molecule has 0 radical (unpaired) electrons. The standard InChI is InChI=1S/C12H11F5N4/c1-21-4-5(3-19-21)2-6(20-18)7-8(13)10(15)12(17)11(16)9(7)14/h3-4,6,20H,2,18H2,1H3. The lowest BCUT2D eigenvalue weighted by Gasteiger charge is -2.18. The third-order valence-corrected chi connectivity index (χ3v) is 2.99. The number of hydrogen-bond donors (Lipinski definition) is 2. The van der Waals surface area contributed by atoms with E-state index in [1.165, 1.54) is 17.1 Å². The average molecular weight is 306 g/mol. The van der Waals surface area contributed by atoms with Gasteiger partial charge in [0.25, 0.3) is 0 Å². The molecule has 0 amide bonds. The molecule has 2 aromatic rings. The predicted molar refractivity (Wildman–Crippen MR) is 63.2 cm³/mol. The highest BCUT2D eigenvalue weighted by Crippen LogP contribution is 2.29. The lowest BCUT2D eigenvalue weighted by atomic mass is 9.99. The van der Waals surface area contributed by atoms with Gasteiger partial charge < -0.3 is 0 Å². The molecule has 9 heteroatoms. The highest BCUT2D eigenvalue weighted by atomic mass is 19.2. The number of halogens is 5. The molecule has 1 aromatic carbocycles. The van der Waals surface area contributed by atoms with Crippen molar-refractivity contribution in [3.63, 3.8) is 0 Å². The Balaban J connectivity index is 2.47. The van der Waals surface area contributed by atoms with Crippen molar-refractivity contribution in [2.75, 3.05) is 0 Å². The topological polar surface area (TPSA) is 55.9 Å². The highest BCUT2D eigenvalue weighted by molar-refractivity contribution is 5.28. The first kappa shape index (κ1) is 15.4. The van der Waals surface area contributed by atoms with Crippen LogP contribution >= 0.6 is 0 Å². The fourth-order valence-corrected chi connectivity index (χ4v) is 1.99. The smallest absolute Gasteiger partial charge is 0.200 e. The van der Waals surface area contributed by atoms with Gasteiger partial charge in [0.2, 0.25) is 5.82 Å². The summed E-state index contributed by atoms with van der Waals surface area (Å²) >= 11 is 0. The second-order valence-corrected chi connectivity index (χ2v) is 4.43. The van der Waals surface area contributed by atoms with Gasteiger partial charge in [0.15, 0.2) is 23.3 Å². The van der Waals surface area contributed by atoms with Crippen LogP contribution < -0.4 is 11.3 Å². The van der Waals surface area contributed by atoms with Gasteiger partial charge in [-0.05, 0) is 12.0 Å². The van der Waals surface area contributed by atoms with Crippen LogP contribution in [0.5, 0.6) is 0 Å². The van der Waals surface area contributed by atoms with E-state index in [1.807, 2.05) is 0 Å². The van der Waals surface area contributed by atoms with Crippen LogP contribution in [0.25, 0.3) is 0 Å². The zero-order valence-electron chi connectivity index (χ0n) is 10.8. The van der Waals surface area contributed by atoms with Crippen molar-refractivity contribution in [2.24, 2.45) is 12.9 Å². The molecule has 0 spiro atoms. The quantitative estimate of drug-likeness (QED) is 0.298. The molecular weight excluding hydrogens is 295 g/mol. The van der Waals surface area contributed by atoms with Gasteiger partial charge in [0.05, 0.1) is 12.2 Å². The second kappa shape index (κ2) is 5.78. The first-order valence-electron chi connectivity index (χ1n) is 5.81. The van der Waals surface area contributed by atoms with Crippen LogP contribution in [-0.4, -0.2) is 9.78 Å². The van der Waals surface area contributed by atoms with Crippen molar-refractivity contribution < 1.29 is 22.0 Å². The minimum Gasteiger partial charge on any atom is -0.276 e. The van der Waals surface area contributed by atoms with Crippen LogP contribution in [0.3, 0.4) is 0 Å². The van der Waals surface area contributed by atoms with E-state index in [1.54, 1.807) is 7.05 Å². The molecule has 0 aliphatic heterocycles. The largest absolute Gasteiger partial charge is 0.276 e. The van der Waals surface area contributed by atoms with Gasteiger partial charge >= 0.3 is 0 Å². The Labute approximate surface area is 116 Å². The van der Waals surface area contributed by atoms with Crippen molar-refractivity contribution in [3.05, 3.63) is 52.6 Å². The van der Waals surface area contributed by atoms with E-state index in [4.69, 9.17) is 5.84 Å². The molecule has 0 saturated carbocycles. The molecule has 21 heavy (non-hydrogen) atoms. The van der Waals surface area contributed by atoms with Gasteiger partial charge in [-0.2, -0.15) is 5.10 Å². The highest BCUT2D eigenvalue weighted by Gasteiger charge is 2.30. The zero-order valence-corrected chi connectivity index (χ0v) is 10.8. The number of hydrazine groups is 1. The Morgan fingerprint density at radius 2 is 1.62 bits per heavy atom. The van der Waals surface area contributed by atoms with E-state index in [0.29, 0.717) is 5.56 Å². The van der Waals surface area contributed by atoms with Gasteiger partial charge in [-0.3, -0.25) is 16.0 Å². The van der Waals surface area contributed by atoms with Gasteiger partial charge in [-0.1, -0.05) is 0 Å². The van der Waals surface area contributed by atoms with Crippen molar-refractivity contribution in [3.8, 4) is 0 Å². The van der Waals surface area contributed by atoms with E-state index in [-0.39, 0.29) is 6.42 Å². The van der Waals surface area contributed by atoms with Crippen molar-refractivity contribution in [2.45, 2.75) is 12.5 Å². The molecule has 1 aromatic heterocycles. The summed E-state index contributed by atoms with van der Waals surface area (Å²) in [6.45, 7) is 0. The van der Waals surface area contributed by atoms with Crippen LogP contribution in [0.2, 0.25) is 0 Å². The van der Waals surface area contributed by atoms with Crippen LogP contribution in [0.4, 0.5) is 22.0 Å². The molecule has 0 aliphatic rings. The Morgan fingerprint density at radius 1 is 1.10 bits per heavy atom. The Bertz CT molecular complexity index is 641. The minimum absolute atomic E-state index is 0.0946. The number of aryl methyl sites for hydroxylation is 1. The Hall–Kier alpha value is -2.00. The van der Waals surface area contributed by atoms with Crippen LogP contribution in [0.1, 0.15) is 17.2 Å². The number of hydrogen-bond acceptors (Lipinski definition) is 3. The van der Waals surface area contributed by atoms with Crippen LogP contribution in [0, 0.1) is 29.1 Å². The summed E-state index contributed by atoms with van der Waals surface area (Å²) in [4.78, 5) is 0. The van der Waals surface area contributed by atoms with Crippen molar-refractivity contribution >= 4 is 0 Å². The Morgan fingerprint density at radius 3 is 2.05 bits per heavy atom. The SMILES string of the molecule is Cn1cc(CC(NN)c2c(F)c(F)c(F)c(F)c2F)cn1. The summed E-state index contributed by atoms with van der Waals surface area (Å²) in [5.74, 6) is -4.83. The summed E-state index contributed by atoms with van der Waals surface area (Å²) in [5, 5.41) is 3.84. The summed E-state index contributed by atoms with van der Waals surface area (Å²) in [5.41, 5.74) is 1.57. The minimum atomic E-state index is -2.20. The lowest BCUT2D eigenvalue weighted by molar-refractivity contribution is 0.356. The third kappa shape index (κ3) is 2.74. The van der Waals surface area contributed by atoms with Crippen LogP contribution in [-0.2, 0) is 13.5 Å². The molecule has 4 nitrogen and oxygen atoms in total. The molecule has 0 saturated heterocycles. The summed E-state index contributed by atoms with van der Waals surface area (Å²) in [7, 11) is 1.62. The van der Waals surface area contributed by atoms with E-state index in [0.717, 1.165) is 0 Å².